The van der Waals surface area contributed by atoms with Crippen LogP contribution in [-0.2, 0) is 11.4 Å². The van der Waals surface area contributed by atoms with E-state index in [1.54, 1.807) is 0 Å². The highest BCUT2D eigenvalue weighted by atomic mass is 32.2. The Morgan fingerprint density at radius 1 is 1.07 bits per heavy atom. The lowest BCUT2D eigenvalue weighted by atomic mass is 10.2. The minimum absolute atomic E-state index is 0.0228. The molecule has 1 aromatic heterocycles. The average molecular weight is 411 g/mol. The summed E-state index contributed by atoms with van der Waals surface area (Å²) in [6.07, 6.45) is 0. The maximum absolute atomic E-state index is 12.3. The molecule has 0 aliphatic heterocycles. The molecule has 1 heterocycles. The third-order valence-electron chi connectivity index (χ3n) is 4.25. The largest absolute Gasteiger partial charge is 0.485 e. The Morgan fingerprint density at radius 2 is 1.76 bits per heavy atom. The second-order valence-electron chi connectivity index (χ2n) is 7.05. The first kappa shape index (κ1) is 20.9. The van der Waals surface area contributed by atoms with Gasteiger partial charge in [-0.2, -0.15) is 0 Å². The minimum atomic E-state index is -0.297. The van der Waals surface area contributed by atoms with Crippen LogP contribution in [0.5, 0.6) is 5.75 Å². The van der Waals surface area contributed by atoms with E-state index < -0.39 is 0 Å². The number of carbonyl (C=O) groups excluding carboxylic acids is 1. The number of para-hydroxylation sites is 2. The normalized spacial score (nSPS) is 12.0. The van der Waals surface area contributed by atoms with Crippen molar-refractivity contribution in [2.75, 3.05) is 0 Å². The maximum Gasteiger partial charge on any atom is 0.233 e. The van der Waals surface area contributed by atoms with Crippen LogP contribution in [0.3, 0.4) is 0 Å². The van der Waals surface area contributed by atoms with Crippen LogP contribution in [0.15, 0.2) is 59.8 Å². The molecule has 0 unspecified atom stereocenters. The number of hydrogen-bond donors (Lipinski definition) is 1. The van der Waals surface area contributed by atoms with Crippen LogP contribution >= 0.6 is 11.8 Å². The average Bonchev–Trinajstić information content (AvgIpc) is 3.10. The Morgan fingerprint density at radius 3 is 2.45 bits per heavy atom. The highest BCUT2D eigenvalue weighted by molar-refractivity contribution is 8.00. The smallest absolute Gasteiger partial charge is 0.233 e. The zero-order valence-corrected chi connectivity index (χ0v) is 17.9. The molecule has 0 aliphatic rings. The van der Waals surface area contributed by atoms with Crippen LogP contribution in [0.25, 0.3) is 5.69 Å². The molecule has 3 rings (SSSR count). The number of ether oxygens (including phenoxy) is 1. The molecule has 6 nitrogen and oxygen atoms in total. The fraction of sp³-hybridized carbons (Fsp3) is 0.318. The van der Waals surface area contributed by atoms with Crippen LogP contribution < -0.4 is 10.1 Å². The third kappa shape index (κ3) is 5.38. The summed E-state index contributed by atoms with van der Waals surface area (Å²) in [5.74, 6) is 1.47. The van der Waals surface area contributed by atoms with Gasteiger partial charge in [-0.3, -0.25) is 9.36 Å². The lowest BCUT2D eigenvalue weighted by Crippen LogP contribution is -2.36. The van der Waals surface area contributed by atoms with Crippen LogP contribution in [0.1, 0.15) is 32.2 Å². The van der Waals surface area contributed by atoms with Crippen LogP contribution in [-0.4, -0.2) is 32.0 Å². The number of nitrogens with zero attached hydrogens (tertiary/aromatic N) is 3. The van der Waals surface area contributed by atoms with Gasteiger partial charge in [-0.15, -0.1) is 10.2 Å². The van der Waals surface area contributed by atoms with E-state index >= 15 is 0 Å². The van der Waals surface area contributed by atoms with E-state index in [4.69, 9.17) is 4.74 Å². The molecule has 0 spiro atoms. The molecule has 0 aliphatic carbocycles. The van der Waals surface area contributed by atoms with Gasteiger partial charge in [-0.05, 0) is 51.5 Å². The molecular weight excluding hydrogens is 384 g/mol. The third-order valence-corrected chi connectivity index (χ3v) is 5.29. The molecule has 0 radical (unpaired) electrons. The summed E-state index contributed by atoms with van der Waals surface area (Å²) in [6.45, 7) is 8.05. The van der Waals surface area contributed by atoms with E-state index in [1.165, 1.54) is 11.8 Å². The monoisotopic (exact) mass is 410 g/mol. The van der Waals surface area contributed by atoms with E-state index in [1.807, 2.05) is 86.9 Å². The van der Waals surface area contributed by atoms with Gasteiger partial charge in [0.1, 0.15) is 12.4 Å². The number of thioether (sulfide) groups is 1. The topological polar surface area (TPSA) is 69.0 Å². The number of benzene rings is 2. The quantitative estimate of drug-likeness (QED) is 0.565. The van der Waals surface area contributed by atoms with Gasteiger partial charge in [0.2, 0.25) is 5.91 Å². The highest BCUT2D eigenvalue weighted by Gasteiger charge is 2.21. The number of aryl methyl sites for hydroxylation is 1. The standard InChI is InChI=1S/C22H26N4O2S/c1-15(2)23-21(27)17(4)29-22-25-24-20(26(22)18-11-6-5-7-12-18)14-28-19-13-9-8-10-16(19)3/h5-13,15,17H,14H2,1-4H3,(H,23,27)/t17-/m1/s1. The van der Waals surface area contributed by atoms with Crippen molar-refractivity contribution >= 4 is 17.7 Å². The molecule has 0 bridgehead atoms. The fourth-order valence-electron chi connectivity index (χ4n) is 2.78. The molecule has 0 fully saturated rings. The molecule has 0 saturated carbocycles. The molecule has 152 valence electrons. The van der Waals surface area contributed by atoms with Crippen molar-refractivity contribution < 1.29 is 9.53 Å². The summed E-state index contributed by atoms with van der Waals surface area (Å²) in [5.41, 5.74) is 1.99. The van der Waals surface area contributed by atoms with Crippen molar-refractivity contribution in [3.05, 3.63) is 66.0 Å². The molecule has 1 amide bonds. The van der Waals surface area contributed by atoms with Crippen molar-refractivity contribution in [2.45, 2.75) is 50.8 Å². The van der Waals surface area contributed by atoms with E-state index in [2.05, 4.69) is 15.5 Å². The summed E-state index contributed by atoms with van der Waals surface area (Å²) in [6, 6.07) is 17.8. The summed E-state index contributed by atoms with van der Waals surface area (Å²) in [5, 5.41) is 12.0. The summed E-state index contributed by atoms with van der Waals surface area (Å²) >= 11 is 1.38. The molecule has 0 saturated heterocycles. The predicted octanol–water partition coefficient (Wildman–Crippen LogP) is 4.16. The first-order valence-corrected chi connectivity index (χ1v) is 10.5. The van der Waals surface area contributed by atoms with Gasteiger partial charge in [0.25, 0.3) is 0 Å². The Kier molecular flexibility index (Phi) is 6.93. The lowest BCUT2D eigenvalue weighted by molar-refractivity contribution is -0.120. The molecule has 3 aromatic rings. The van der Waals surface area contributed by atoms with E-state index in [9.17, 15) is 4.79 Å². The molecule has 1 atom stereocenters. The molecule has 2 aromatic carbocycles. The Bertz CT molecular complexity index is 956. The van der Waals surface area contributed by atoms with Crippen LogP contribution in [0, 0.1) is 6.92 Å². The van der Waals surface area contributed by atoms with Gasteiger partial charge >= 0.3 is 0 Å². The lowest BCUT2D eigenvalue weighted by Gasteiger charge is -2.15. The number of amides is 1. The van der Waals surface area contributed by atoms with Crippen molar-refractivity contribution in [2.24, 2.45) is 0 Å². The number of aromatic nitrogens is 3. The fourth-order valence-corrected chi connectivity index (χ4v) is 3.68. The van der Waals surface area contributed by atoms with Gasteiger partial charge in [0.15, 0.2) is 11.0 Å². The molecule has 29 heavy (non-hydrogen) atoms. The number of carbonyl (C=O) groups is 1. The van der Waals surface area contributed by atoms with Gasteiger partial charge in [0, 0.05) is 11.7 Å². The van der Waals surface area contributed by atoms with Gasteiger partial charge in [0.05, 0.1) is 5.25 Å². The number of nitrogens with one attached hydrogen (secondary N) is 1. The van der Waals surface area contributed by atoms with E-state index in [-0.39, 0.29) is 23.8 Å². The first-order chi connectivity index (χ1) is 14.0. The van der Waals surface area contributed by atoms with Gasteiger partial charge in [-0.1, -0.05) is 48.2 Å². The van der Waals surface area contributed by atoms with Gasteiger partial charge in [-0.25, -0.2) is 0 Å². The maximum atomic E-state index is 12.3. The van der Waals surface area contributed by atoms with Crippen molar-refractivity contribution in [3.63, 3.8) is 0 Å². The van der Waals surface area contributed by atoms with Crippen molar-refractivity contribution in [1.29, 1.82) is 0 Å². The zero-order chi connectivity index (χ0) is 20.8. The minimum Gasteiger partial charge on any atom is -0.485 e. The van der Waals surface area contributed by atoms with Gasteiger partial charge < -0.3 is 10.1 Å². The second-order valence-corrected chi connectivity index (χ2v) is 8.36. The van der Waals surface area contributed by atoms with Crippen LogP contribution in [0.4, 0.5) is 0 Å². The molecular formula is C22H26N4O2S. The van der Waals surface area contributed by atoms with E-state index in [0.29, 0.717) is 11.0 Å². The molecule has 7 heteroatoms. The van der Waals surface area contributed by atoms with Crippen LogP contribution in [0.2, 0.25) is 0 Å². The SMILES string of the molecule is Cc1ccccc1OCc1nnc(S[C@H](C)C(=O)NC(C)C)n1-c1ccccc1. The zero-order valence-electron chi connectivity index (χ0n) is 17.1. The Balaban J connectivity index is 1.85. The first-order valence-electron chi connectivity index (χ1n) is 9.61. The molecule has 1 N–H and O–H groups in total. The van der Waals surface area contributed by atoms with Crippen molar-refractivity contribution in [1.82, 2.24) is 20.1 Å². The Hall–Kier alpha value is -2.80. The summed E-state index contributed by atoms with van der Waals surface area (Å²) in [7, 11) is 0. The predicted molar refractivity (Wildman–Crippen MR) is 115 cm³/mol. The Labute approximate surface area is 175 Å². The summed E-state index contributed by atoms with van der Waals surface area (Å²) < 4.78 is 7.94. The summed E-state index contributed by atoms with van der Waals surface area (Å²) in [4.78, 5) is 12.3. The number of rotatable bonds is 8. The number of hydrogen-bond acceptors (Lipinski definition) is 5. The van der Waals surface area contributed by atoms with E-state index in [0.717, 1.165) is 17.0 Å². The van der Waals surface area contributed by atoms with Crippen molar-refractivity contribution in [3.8, 4) is 11.4 Å². The second kappa shape index (κ2) is 9.60. The highest BCUT2D eigenvalue weighted by Crippen LogP contribution is 2.27.